The molecular weight excluding hydrogens is 615 g/mol. The molecule has 3 aliphatic heterocycles. The Bertz CT molecular complexity index is 1470. The van der Waals surface area contributed by atoms with Crippen LogP contribution in [-0.2, 0) is 19.1 Å². The van der Waals surface area contributed by atoms with E-state index in [9.17, 15) is 18.4 Å². The molecule has 0 spiro atoms. The van der Waals surface area contributed by atoms with Crippen molar-refractivity contribution in [2.75, 3.05) is 49.6 Å². The minimum Gasteiger partial charge on any atom is -0.457 e. The fraction of sp³-hybridized carbons (Fsp3) is 0.618. The molecule has 1 aromatic carbocycles. The lowest BCUT2D eigenvalue weighted by Gasteiger charge is -2.42. The third-order valence-corrected chi connectivity index (χ3v) is 10.6. The average Bonchev–Trinajstić information content (AvgIpc) is 3.65. The second-order valence-corrected chi connectivity index (χ2v) is 13.6. The molecule has 12 heteroatoms. The van der Waals surface area contributed by atoms with Gasteiger partial charge in [0.2, 0.25) is 0 Å². The van der Waals surface area contributed by atoms with E-state index in [0.29, 0.717) is 50.2 Å². The number of benzene rings is 1. The number of hydrogen-bond donors (Lipinski definition) is 0. The van der Waals surface area contributed by atoms with E-state index in [1.807, 2.05) is 19.2 Å². The van der Waals surface area contributed by atoms with Gasteiger partial charge in [-0.2, -0.15) is 28.4 Å². The number of hydrogen-bond acceptors (Lipinski definition) is 8. The van der Waals surface area contributed by atoms with Gasteiger partial charge in [0.05, 0.1) is 47.0 Å². The second-order valence-electron chi connectivity index (χ2n) is 13.2. The Kier molecular flexibility index (Phi) is 9.58. The topological polar surface area (TPSA) is 71.8 Å². The van der Waals surface area contributed by atoms with Crippen LogP contribution in [0.4, 0.5) is 24.7 Å². The number of allylic oxidation sites excluding steroid dienone is 1. The minimum atomic E-state index is -4.59. The van der Waals surface area contributed by atoms with Crippen LogP contribution in [0.1, 0.15) is 75.1 Å². The Hall–Kier alpha value is -3.23. The normalized spacial score (nSPS) is 23.6. The first-order valence-corrected chi connectivity index (χ1v) is 16.9. The van der Waals surface area contributed by atoms with Crippen molar-refractivity contribution in [2.24, 2.45) is 0 Å². The highest BCUT2D eigenvalue weighted by atomic mass is 35.5. The molecule has 46 heavy (non-hydrogen) atoms. The minimum absolute atomic E-state index is 0.00935. The van der Waals surface area contributed by atoms with Gasteiger partial charge < -0.3 is 24.3 Å². The number of anilines is 2. The molecule has 4 heterocycles. The highest BCUT2D eigenvalue weighted by Crippen LogP contribution is 2.44. The molecule has 1 saturated carbocycles. The molecule has 1 aromatic heterocycles. The Morgan fingerprint density at radius 3 is 2.59 bits per heavy atom. The lowest BCUT2D eigenvalue weighted by molar-refractivity contribution is -0.137. The summed E-state index contributed by atoms with van der Waals surface area (Å²) >= 11 is 6.12. The van der Waals surface area contributed by atoms with Gasteiger partial charge in [0.25, 0.3) is 0 Å². The van der Waals surface area contributed by atoms with Crippen molar-refractivity contribution in [3.05, 3.63) is 52.3 Å². The van der Waals surface area contributed by atoms with Crippen LogP contribution >= 0.6 is 11.6 Å². The zero-order chi connectivity index (χ0) is 32.5. The molecule has 248 valence electrons. The molecule has 3 fully saturated rings. The first-order valence-electron chi connectivity index (χ1n) is 16.5. The summed E-state index contributed by atoms with van der Waals surface area (Å²) in [4.78, 5) is 18.6. The molecule has 6 rings (SSSR count). The van der Waals surface area contributed by atoms with Crippen molar-refractivity contribution in [3.63, 3.8) is 0 Å². The van der Waals surface area contributed by atoms with E-state index in [-0.39, 0.29) is 28.9 Å². The van der Waals surface area contributed by atoms with Crippen molar-refractivity contribution >= 4 is 23.1 Å². The molecule has 4 aliphatic rings. The molecule has 8 nitrogen and oxygen atoms in total. The standard InChI is InChI=1S/C34H43ClF3N7O/c1-3-16-43-19-20-45(22-25(43)11-15-39)31-26-12-18-44(29-10-6-9-27(35)30(29)34(36,37)38)23-28(26)40-32(41-31)46-33(13-4-5-14-33)21-24-8-7-17-42(24)2/h3,6,9-10,16,24-25H,4-5,7-8,11-14,17-23H2,1-2H3/t24?,25-/m0/s1. The van der Waals surface area contributed by atoms with Crippen molar-refractivity contribution < 1.29 is 17.9 Å². The fourth-order valence-corrected chi connectivity index (χ4v) is 8.20. The van der Waals surface area contributed by atoms with E-state index in [4.69, 9.17) is 26.3 Å². The Balaban J connectivity index is 1.37. The van der Waals surface area contributed by atoms with Crippen molar-refractivity contribution in [1.82, 2.24) is 19.8 Å². The summed E-state index contributed by atoms with van der Waals surface area (Å²) in [6, 6.07) is 7.40. The maximum absolute atomic E-state index is 14.2. The van der Waals surface area contributed by atoms with Crippen molar-refractivity contribution in [2.45, 2.75) is 95.1 Å². The van der Waals surface area contributed by atoms with E-state index in [2.05, 4.69) is 27.8 Å². The lowest BCUT2D eigenvalue weighted by Crippen LogP contribution is -2.51. The van der Waals surface area contributed by atoms with Crippen molar-refractivity contribution in [3.8, 4) is 12.1 Å². The predicted molar refractivity (Wildman–Crippen MR) is 173 cm³/mol. The zero-order valence-electron chi connectivity index (χ0n) is 26.7. The summed E-state index contributed by atoms with van der Waals surface area (Å²) in [6.45, 7) is 5.64. The van der Waals surface area contributed by atoms with Gasteiger partial charge in [0.1, 0.15) is 11.4 Å². The number of likely N-dealkylation sites (tertiary alicyclic amines) is 1. The number of piperazine rings is 1. The molecule has 0 N–H and O–H groups in total. The van der Waals surface area contributed by atoms with E-state index < -0.39 is 11.7 Å². The third kappa shape index (κ3) is 6.75. The van der Waals surface area contributed by atoms with Gasteiger partial charge in [-0.05, 0) is 83.8 Å². The Morgan fingerprint density at radius 1 is 1.09 bits per heavy atom. The molecule has 0 bridgehead atoms. The molecule has 0 amide bonds. The number of fused-ring (bicyclic) bond motifs is 1. The maximum Gasteiger partial charge on any atom is 0.419 e. The van der Waals surface area contributed by atoms with Crippen LogP contribution < -0.4 is 14.5 Å². The highest BCUT2D eigenvalue weighted by Gasteiger charge is 2.42. The van der Waals surface area contributed by atoms with Gasteiger partial charge >= 0.3 is 12.2 Å². The predicted octanol–water partition coefficient (Wildman–Crippen LogP) is 6.83. The summed E-state index contributed by atoms with van der Waals surface area (Å²) < 4.78 is 49.4. The SMILES string of the molecule is CC=CN1CCN(c2nc(OC3(CC4CCCN4C)CCCC3)nc3c2CCN(c2cccc(Cl)c2C(F)(F)F)C3)C[C@@H]1CC#N. The Morgan fingerprint density at radius 2 is 1.89 bits per heavy atom. The quantitative estimate of drug-likeness (QED) is 0.306. The number of ether oxygens (including phenoxy) is 1. The second kappa shape index (κ2) is 13.5. The lowest BCUT2D eigenvalue weighted by atomic mass is 9.91. The molecule has 2 atom stereocenters. The number of alkyl halides is 3. The van der Waals surface area contributed by atoms with Gasteiger partial charge in [0.15, 0.2) is 0 Å². The number of nitrogens with zero attached hydrogens (tertiary/aromatic N) is 7. The largest absolute Gasteiger partial charge is 0.457 e. The summed E-state index contributed by atoms with van der Waals surface area (Å²) in [6.07, 6.45) is 7.55. The van der Waals surface area contributed by atoms with E-state index in [0.717, 1.165) is 63.0 Å². The Labute approximate surface area is 274 Å². The molecule has 1 aliphatic carbocycles. The summed E-state index contributed by atoms with van der Waals surface area (Å²) in [5.41, 5.74) is 0.478. The number of halogens is 4. The molecule has 1 unspecified atom stereocenters. The van der Waals surface area contributed by atoms with Crippen LogP contribution in [0, 0.1) is 11.3 Å². The smallest absolute Gasteiger partial charge is 0.419 e. The van der Waals surface area contributed by atoms with Crippen LogP contribution in [-0.4, -0.2) is 77.2 Å². The monoisotopic (exact) mass is 657 g/mol. The van der Waals surface area contributed by atoms with Gasteiger partial charge in [-0.15, -0.1) is 0 Å². The molecular formula is C34H43ClF3N7O. The highest BCUT2D eigenvalue weighted by molar-refractivity contribution is 6.31. The van der Waals surface area contributed by atoms with Crippen LogP contribution in [0.3, 0.4) is 0 Å². The first-order chi connectivity index (χ1) is 22.1. The van der Waals surface area contributed by atoms with Crippen LogP contribution in [0.2, 0.25) is 5.02 Å². The number of nitriles is 1. The molecule has 2 aromatic rings. The zero-order valence-corrected chi connectivity index (χ0v) is 27.5. The first kappa shape index (κ1) is 32.7. The fourth-order valence-electron chi connectivity index (χ4n) is 7.92. The van der Waals surface area contributed by atoms with Crippen LogP contribution in [0.15, 0.2) is 30.5 Å². The number of rotatable bonds is 8. The summed E-state index contributed by atoms with van der Waals surface area (Å²) in [5, 5.41) is 9.28. The average molecular weight is 658 g/mol. The van der Waals surface area contributed by atoms with Crippen molar-refractivity contribution in [1.29, 1.82) is 5.26 Å². The number of aromatic nitrogens is 2. The van der Waals surface area contributed by atoms with Gasteiger partial charge in [0, 0.05) is 44.2 Å². The van der Waals surface area contributed by atoms with E-state index in [1.165, 1.54) is 18.6 Å². The van der Waals surface area contributed by atoms with Crippen LogP contribution in [0.5, 0.6) is 6.01 Å². The maximum atomic E-state index is 14.2. The third-order valence-electron chi connectivity index (χ3n) is 10.2. The summed E-state index contributed by atoms with van der Waals surface area (Å²) in [5.74, 6) is 0.774. The van der Waals surface area contributed by atoms with E-state index >= 15 is 0 Å². The summed E-state index contributed by atoms with van der Waals surface area (Å²) in [7, 11) is 2.18. The van der Waals surface area contributed by atoms with Gasteiger partial charge in [-0.3, -0.25) is 0 Å². The van der Waals surface area contributed by atoms with Gasteiger partial charge in [-0.25, -0.2) is 0 Å². The van der Waals surface area contributed by atoms with Gasteiger partial charge in [-0.1, -0.05) is 23.7 Å². The molecule has 2 saturated heterocycles. The molecule has 0 radical (unpaired) electrons. The van der Waals surface area contributed by atoms with Crippen LogP contribution in [0.25, 0.3) is 0 Å². The van der Waals surface area contributed by atoms with E-state index in [1.54, 1.807) is 11.0 Å².